The number of carboxylic acid groups (broad SMARTS) is 1. The Morgan fingerprint density at radius 3 is 2.42 bits per heavy atom. The largest absolute Gasteiger partial charge is 0.477 e. The molecule has 0 fully saturated rings. The molecule has 2 rings (SSSR count). The lowest BCUT2D eigenvalue weighted by atomic mass is 10.1. The van der Waals surface area contributed by atoms with Gasteiger partial charge in [0.05, 0.1) is 24.4 Å². The molecule has 1 heterocycles. The van der Waals surface area contributed by atoms with Crippen LogP contribution in [0.1, 0.15) is 16.1 Å². The molecule has 1 aromatic carbocycles. The van der Waals surface area contributed by atoms with Gasteiger partial charge >= 0.3 is 5.97 Å². The van der Waals surface area contributed by atoms with Gasteiger partial charge in [0, 0.05) is 5.69 Å². The van der Waals surface area contributed by atoms with Crippen molar-refractivity contribution in [2.24, 2.45) is 0 Å². The number of carboxylic acids is 1. The number of anilines is 2. The smallest absolute Gasteiger partial charge is 0.354 e. The maximum absolute atomic E-state index is 10.7. The molecule has 94 valence electrons. The van der Waals surface area contributed by atoms with E-state index in [9.17, 15) is 4.79 Å². The van der Waals surface area contributed by atoms with Gasteiger partial charge in [-0.1, -0.05) is 12.1 Å². The van der Waals surface area contributed by atoms with Crippen molar-refractivity contribution in [2.75, 3.05) is 5.32 Å². The number of rotatable bonds is 4. The summed E-state index contributed by atoms with van der Waals surface area (Å²) in [5, 5.41) is 20.4. The van der Waals surface area contributed by atoms with Crippen LogP contribution in [0.3, 0.4) is 0 Å². The van der Waals surface area contributed by atoms with Crippen LogP contribution in [0, 0.1) is 11.3 Å². The third kappa shape index (κ3) is 3.30. The highest BCUT2D eigenvalue weighted by atomic mass is 16.4. The molecule has 0 unspecified atom stereocenters. The quantitative estimate of drug-likeness (QED) is 0.874. The highest BCUT2D eigenvalue weighted by Crippen LogP contribution is 2.16. The third-order valence-corrected chi connectivity index (χ3v) is 2.51. The van der Waals surface area contributed by atoms with Gasteiger partial charge in [-0.05, 0) is 29.8 Å². The molecule has 0 bridgehead atoms. The molecule has 0 saturated carbocycles. The normalized spacial score (nSPS) is 9.63. The van der Waals surface area contributed by atoms with Crippen molar-refractivity contribution < 1.29 is 9.90 Å². The third-order valence-electron chi connectivity index (χ3n) is 2.51. The molecule has 19 heavy (non-hydrogen) atoms. The predicted molar refractivity (Wildman–Crippen MR) is 70.2 cm³/mol. The van der Waals surface area contributed by atoms with E-state index in [-0.39, 0.29) is 5.69 Å². The second-order valence-corrected chi connectivity index (χ2v) is 3.89. The molecule has 2 aromatic rings. The fourth-order valence-electron chi connectivity index (χ4n) is 1.56. The molecule has 1 aromatic heterocycles. The summed E-state index contributed by atoms with van der Waals surface area (Å²) in [6.45, 7) is 0. The van der Waals surface area contributed by atoms with Crippen LogP contribution in [0.2, 0.25) is 0 Å². The Kier molecular flexibility index (Phi) is 3.74. The number of carbonyl (C=O) groups is 1. The molecule has 0 saturated heterocycles. The number of hydrogen-bond acceptors (Lipinski definition) is 4. The molecule has 5 nitrogen and oxygen atoms in total. The van der Waals surface area contributed by atoms with Gasteiger partial charge in [-0.25, -0.2) is 9.78 Å². The first-order chi connectivity index (χ1) is 9.19. The number of aromatic nitrogens is 1. The van der Waals surface area contributed by atoms with Crippen molar-refractivity contribution in [3.05, 3.63) is 53.9 Å². The standard InChI is InChI=1S/C14H11N3O2/c15-8-7-10-1-3-11(4-2-10)17-12-5-6-13(14(18)19)16-9-12/h1-6,9,17H,7H2,(H,18,19). The van der Waals surface area contributed by atoms with Gasteiger partial charge in [0.15, 0.2) is 0 Å². The van der Waals surface area contributed by atoms with Gasteiger partial charge in [-0.2, -0.15) is 5.26 Å². The Balaban J connectivity index is 2.08. The average molecular weight is 253 g/mol. The zero-order valence-electron chi connectivity index (χ0n) is 10.00. The summed E-state index contributed by atoms with van der Waals surface area (Å²) in [6.07, 6.45) is 1.85. The van der Waals surface area contributed by atoms with Crippen molar-refractivity contribution in [3.8, 4) is 6.07 Å². The highest BCUT2D eigenvalue weighted by Gasteiger charge is 2.03. The molecule has 0 spiro atoms. The molecular formula is C14H11N3O2. The van der Waals surface area contributed by atoms with Crippen molar-refractivity contribution >= 4 is 17.3 Å². The van der Waals surface area contributed by atoms with Crippen LogP contribution in [0.25, 0.3) is 0 Å². The van der Waals surface area contributed by atoms with E-state index < -0.39 is 5.97 Å². The summed E-state index contributed by atoms with van der Waals surface area (Å²) in [5.74, 6) is -1.05. The number of hydrogen-bond donors (Lipinski definition) is 2. The van der Waals surface area contributed by atoms with E-state index in [1.807, 2.05) is 24.3 Å². The minimum atomic E-state index is -1.05. The molecular weight excluding hydrogens is 242 g/mol. The van der Waals surface area contributed by atoms with Crippen LogP contribution < -0.4 is 5.32 Å². The zero-order valence-corrected chi connectivity index (χ0v) is 10.00. The lowest BCUT2D eigenvalue weighted by Gasteiger charge is -2.06. The predicted octanol–water partition coefficient (Wildman–Crippen LogP) is 2.59. The van der Waals surface area contributed by atoms with Gasteiger partial charge in [-0.3, -0.25) is 0 Å². The Bertz CT molecular complexity index is 613. The van der Waals surface area contributed by atoms with E-state index >= 15 is 0 Å². The van der Waals surface area contributed by atoms with Crippen LogP contribution >= 0.6 is 0 Å². The molecule has 2 N–H and O–H groups in total. The first-order valence-electron chi connectivity index (χ1n) is 5.61. The summed E-state index contributed by atoms with van der Waals surface area (Å²) in [7, 11) is 0. The Morgan fingerprint density at radius 2 is 1.89 bits per heavy atom. The Labute approximate surface area is 110 Å². The van der Waals surface area contributed by atoms with Crippen LogP contribution in [-0.2, 0) is 6.42 Å². The lowest BCUT2D eigenvalue weighted by molar-refractivity contribution is 0.0690. The fraction of sp³-hybridized carbons (Fsp3) is 0.0714. The second-order valence-electron chi connectivity index (χ2n) is 3.89. The van der Waals surface area contributed by atoms with Crippen LogP contribution in [0.15, 0.2) is 42.6 Å². The van der Waals surface area contributed by atoms with Gasteiger partial charge in [-0.15, -0.1) is 0 Å². The van der Waals surface area contributed by atoms with Crippen molar-refractivity contribution in [1.82, 2.24) is 4.98 Å². The number of benzene rings is 1. The van der Waals surface area contributed by atoms with Gasteiger partial charge in [0.2, 0.25) is 0 Å². The minimum Gasteiger partial charge on any atom is -0.477 e. The number of nitrogens with one attached hydrogen (secondary N) is 1. The van der Waals surface area contributed by atoms with Crippen molar-refractivity contribution in [1.29, 1.82) is 5.26 Å². The Hall–Kier alpha value is -2.87. The molecule has 0 aliphatic carbocycles. The minimum absolute atomic E-state index is 0.00918. The number of nitriles is 1. The van der Waals surface area contributed by atoms with Crippen LogP contribution in [0.5, 0.6) is 0 Å². The average Bonchev–Trinajstić information content (AvgIpc) is 2.42. The summed E-state index contributed by atoms with van der Waals surface area (Å²) in [4.78, 5) is 14.5. The van der Waals surface area contributed by atoms with Crippen LogP contribution in [-0.4, -0.2) is 16.1 Å². The van der Waals surface area contributed by atoms with Crippen molar-refractivity contribution in [3.63, 3.8) is 0 Å². The molecule has 0 aliphatic rings. The first kappa shape index (κ1) is 12.6. The molecule has 0 radical (unpaired) electrons. The highest BCUT2D eigenvalue weighted by molar-refractivity contribution is 5.85. The Morgan fingerprint density at radius 1 is 1.21 bits per heavy atom. The maximum atomic E-state index is 10.7. The lowest BCUT2D eigenvalue weighted by Crippen LogP contribution is -2.00. The maximum Gasteiger partial charge on any atom is 0.354 e. The summed E-state index contributed by atoms with van der Waals surface area (Å²) in [5.41, 5.74) is 2.52. The van der Waals surface area contributed by atoms with E-state index in [0.717, 1.165) is 11.3 Å². The summed E-state index contributed by atoms with van der Waals surface area (Å²) >= 11 is 0. The zero-order chi connectivity index (χ0) is 13.7. The van der Waals surface area contributed by atoms with E-state index in [0.29, 0.717) is 12.1 Å². The monoisotopic (exact) mass is 253 g/mol. The second kappa shape index (κ2) is 5.65. The molecule has 0 atom stereocenters. The topological polar surface area (TPSA) is 86.0 Å². The van der Waals surface area contributed by atoms with Gasteiger partial charge in [0.1, 0.15) is 5.69 Å². The molecule has 5 heteroatoms. The first-order valence-corrected chi connectivity index (χ1v) is 5.61. The van der Waals surface area contributed by atoms with Gasteiger partial charge in [0.25, 0.3) is 0 Å². The molecule has 0 amide bonds. The summed E-state index contributed by atoms with van der Waals surface area (Å²) in [6, 6.07) is 12.6. The van der Waals surface area contributed by atoms with E-state index in [1.165, 1.54) is 12.3 Å². The van der Waals surface area contributed by atoms with Gasteiger partial charge < -0.3 is 10.4 Å². The van der Waals surface area contributed by atoms with E-state index in [2.05, 4.69) is 16.4 Å². The fourth-order valence-corrected chi connectivity index (χ4v) is 1.56. The SMILES string of the molecule is N#CCc1ccc(Nc2ccc(C(=O)O)nc2)cc1. The number of aromatic carboxylic acids is 1. The van der Waals surface area contributed by atoms with Crippen molar-refractivity contribution in [2.45, 2.75) is 6.42 Å². The van der Waals surface area contributed by atoms with E-state index in [1.54, 1.807) is 6.07 Å². The molecule has 0 aliphatic heterocycles. The van der Waals surface area contributed by atoms with Crippen LogP contribution in [0.4, 0.5) is 11.4 Å². The van der Waals surface area contributed by atoms with E-state index in [4.69, 9.17) is 10.4 Å². The number of nitrogens with zero attached hydrogens (tertiary/aromatic N) is 2. The number of pyridine rings is 1. The summed E-state index contributed by atoms with van der Waals surface area (Å²) < 4.78 is 0.